The molecule has 1 rings (SSSR count). The van der Waals surface area contributed by atoms with Gasteiger partial charge in [-0.1, -0.05) is 28.1 Å². The molecule has 0 fully saturated rings. The summed E-state index contributed by atoms with van der Waals surface area (Å²) in [6.45, 7) is 3.45. The van der Waals surface area contributed by atoms with Crippen molar-refractivity contribution in [3.8, 4) is 0 Å². The Morgan fingerprint density at radius 2 is 2.06 bits per heavy atom. The first-order valence-corrected chi connectivity index (χ1v) is 7.09. The average Bonchev–Trinajstić information content (AvgIpc) is 2.32. The third-order valence-electron chi connectivity index (χ3n) is 2.89. The second-order valence-electron chi connectivity index (χ2n) is 4.49. The van der Waals surface area contributed by atoms with Gasteiger partial charge in [0.2, 0.25) is 0 Å². The van der Waals surface area contributed by atoms with Crippen LogP contribution in [0, 0.1) is 0 Å². The molecular weight excluding hydrogens is 276 g/mol. The predicted molar refractivity (Wildman–Crippen MR) is 78.5 cm³/mol. The van der Waals surface area contributed by atoms with Crippen LogP contribution >= 0.6 is 15.9 Å². The fourth-order valence-corrected chi connectivity index (χ4v) is 2.25. The van der Waals surface area contributed by atoms with E-state index in [2.05, 4.69) is 57.5 Å². The largest absolute Gasteiger partial charge is 0.320 e. The van der Waals surface area contributed by atoms with E-state index in [0.717, 1.165) is 19.5 Å². The smallest absolute Gasteiger partial charge is 0.0178 e. The third kappa shape index (κ3) is 6.81. The van der Waals surface area contributed by atoms with Crippen LogP contribution in [0.4, 0.5) is 0 Å². The van der Waals surface area contributed by atoms with Gasteiger partial charge in [-0.05, 0) is 64.1 Å². The molecule has 1 aromatic rings. The van der Waals surface area contributed by atoms with Crippen LogP contribution in [0.1, 0.15) is 18.4 Å². The van der Waals surface area contributed by atoms with Crippen LogP contribution in [0.15, 0.2) is 28.7 Å². The van der Waals surface area contributed by atoms with Gasteiger partial charge in [-0.3, -0.25) is 0 Å². The minimum Gasteiger partial charge on any atom is -0.320 e. The minimum atomic E-state index is 1.12. The van der Waals surface area contributed by atoms with Gasteiger partial charge in [-0.25, -0.2) is 0 Å². The molecular formula is C14H23BrN2. The van der Waals surface area contributed by atoms with E-state index in [0.29, 0.717) is 0 Å². The zero-order valence-corrected chi connectivity index (χ0v) is 12.5. The summed E-state index contributed by atoms with van der Waals surface area (Å²) in [6.07, 6.45) is 3.66. The number of hydrogen-bond donors (Lipinski definition) is 1. The maximum Gasteiger partial charge on any atom is 0.0178 e. The normalized spacial score (nSPS) is 11.1. The van der Waals surface area contributed by atoms with Crippen LogP contribution in [0.3, 0.4) is 0 Å². The van der Waals surface area contributed by atoms with Gasteiger partial charge in [0.05, 0.1) is 0 Å². The highest BCUT2D eigenvalue weighted by atomic mass is 79.9. The maximum absolute atomic E-state index is 3.51. The molecule has 0 heterocycles. The lowest BCUT2D eigenvalue weighted by atomic mass is 10.1. The quantitative estimate of drug-likeness (QED) is 0.743. The van der Waals surface area contributed by atoms with Crippen LogP contribution in [0.5, 0.6) is 0 Å². The van der Waals surface area contributed by atoms with Crippen molar-refractivity contribution in [2.45, 2.75) is 19.3 Å². The molecule has 0 saturated heterocycles. The lowest BCUT2D eigenvalue weighted by molar-refractivity contribution is 0.329. The molecule has 17 heavy (non-hydrogen) atoms. The van der Waals surface area contributed by atoms with E-state index < -0.39 is 0 Å². The minimum absolute atomic E-state index is 1.12. The second kappa shape index (κ2) is 8.67. The van der Waals surface area contributed by atoms with Crippen molar-refractivity contribution in [3.63, 3.8) is 0 Å². The van der Waals surface area contributed by atoms with Crippen molar-refractivity contribution >= 4 is 15.9 Å². The van der Waals surface area contributed by atoms with Crippen molar-refractivity contribution in [2.75, 3.05) is 33.7 Å². The van der Waals surface area contributed by atoms with E-state index in [-0.39, 0.29) is 0 Å². The van der Waals surface area contributed by atoms with Crippen LogP contribution in [0.2, 0.25) is 0 Å². The van der Waals surface area contributed by atoms with Crippen molar-refractivity contribution in [1.29, 1.82) is 0 Å². The molecule has 0 amide bonds. The van der Waals surface area contributed by atoms with Gasteiger partial charge in [0.1, 0.15) is 0 Å². The van der Waals surface area contributed by atoms with E-state index in [1.807, 2.05) is 7.05 Å². The Morgan fingerprint density at radius 3 is 2.76 bits per heavy atom. The van der Waals surface area contributed by atoms with Crippen molar-refractivity contribution in [3.05, 3.63) is 34.3 Å². The summed E-state index contributed by atoms with van der Waals surface area (Å²) in [5.41, 5.74) is 1.40. The number of halogens is 1. The van der Waals surface area contributed by atoms with Gasteiger partial charge in [0, 0.05) is 11.0 Å². The molecule has 0 saturated carbocycles. The molecule has 0 atom stereocenters. The number of likely N-dealkylation sites (N-methyl/N-ethyl adjacent to an activating group) is 1. The van der Waals surface area contributed by atoms with Gasteiger partial charge < -0.3 is 10.2 Å². The Labute approximate surface area is 114 Å². The molecule has 0 radical (unpaired) electrons. The summed E-state index contributed by atoms with van der Waals surface area (Å²) in [5.74, 6) is 0. The summed E-state index contributed by atoms with van der Waals surface area (Å²) in [7, 11) is 4.22. The molecule has 0 spiro atoms. The molecule has 0 bridgehead atoms. The molecule has 0 aliphatic heterocycles. The molecule has 0 aliphatic carbocycles. The van der Waals surface area contributed by atoms with Gasteiger partial charge in [-0.2, -0.15) is 0 Å². The molecule has 1 N–H and O–H groups in total. The standard InChI is InChI=1S/C14H23BrN2/c1-16-9-3-4-10-17(2)11-8-13-6-5-7-14(15)12-13/h5-7,12,16H,3-4,8-11H2,1-2H3. The van der Waals surface area contributed by atoms with E-state index in [1.54, 1.807) is 0 Å². The van der Waals surface area contributed by atoms with Crippen molar-refractivity contribution < 1.29 is 0 Å². The number of hydrogen-bond acceptors (Lipinski definition) is 2. The Hall–Kier alpha value is -0.380. The van der Waals surface area contributed by atoms with E-state index >= 15 is 0 Å². The number of nitrogens with zero attached hydrogens (tertiary/aromatic N) is 1. The van der Waals surface area contributed by atoms with E-state index in [4.69, 9.17) is 0 Å². The highest BCUT2D eigenvalue weighted by molar-refractivity contribution is 9.10. The predicted octanol–water partition coefficient (Wildman–Crippen LogP) is 2.92. The first kappa shape index (κ1) is 14.7. The zero-order valence-electron chi connectivity index (χ0n) is 10.9. The van der Waals surface area contributed by atoms with Gasteiger partial charge in [-0.15, -0.1) is 0 Å². The van der Waals surface area contributed by atoms with Gasteiger partial charge in [0.15, 0.2) is 0 Å². The topological polar surface area (TPSA) is 15.3 Å². The van der Waals surface area contributed by atoms with Crippen molar-refractivity contribution in [2.24, 2.45) is 0 Å². The fourth-order valence-electron chi connectivity index (χ4n) is 1.81. The molecule has 96 valence electrons. The van der Waals surface area contributed by atoms with Crippen LogP contribution in [-0.4, -0.2) is 38.6 Å². The zero-order chi connectivity index (χ0) is 12.5. The Balaban J connectivity index is 2.17. The highest BCUT2D eigenvalue weighted by Gasteiger charge is 1.99. The number of rotatable bonds is 8. The van der Waals surface area contributed by atoms with Gasteiger partial charge >= 0.3 is 0 Å². The number of unbranched alkanes of at least 4 members (excludes halogenated alkanes) is 1. The molecule has 3 heteroatoms. The monoisotopic (exact) mass is 298 g/mol. The average molecular weight is 299 g/mol. The van der Waals surface area contributed by atoms with Crippen LogP contribution in [0.25, 0.3) is 0 Å². The molecule has 0 unspecified atom stereocenters. The molecule has 2 nitrogen and oxygen atoms in total. The molecule has 0 aliphatic rings. The van der Waals surface area contributed by atoms with E-state index in [9.17, 15) is 0 Å². The number of benzene rings is 1. The number of nitrogens with one attached hydrogen (secondary N) is 1. The summed E-state index contributed by atoms with van der Waals surface area (Å²) in [5, 5.41) is 3.18. The van der Waals surface area contributed by atoms with Gasteiger partial charge in [0.25, 0.3) is 0 Å². The summed E-state index contributed by atoms with van der Waals surface area (Å²) in [6, 6.07) is 8.58. The molecule has 1 aromatic carbocycles. The maximum atomic E-state index is 3.51. The second-order valence-corrected chi connectivity index (χ2v) is 5.41. The SMILES string of the molecule is CNCCCCN(C)CCc1cccc(Br)c1. The Morgan fingerprint density at radius 1 is 1.24 bits per heavy atom. The summed E-state index contributed by atoms with van der Waals surface area (Å²) in [4.78, 5) is 2.41. The van der Waals surface area contributed by atoms with Crippen LogP contribution < -0.4 is 5.32 Å². The Bertz CT molecular complexity index is 315. The van der Waals surface area contributed by atoms with Crippen molar-refractivity contribution in [1.82, 2.24) is 10.2 Å². The van der Waals surface area contributed by atoms with E-state index in [1.165, 1.54) is 29.4 Å². The highest BCUT2D eigenvalue weighted by Crippen LogP contribution is 2.12. The summed E-state index contributed by atoms with van der Waals surface area (Å²) < 4.78 is 1.17. The lowest BCUT2D eigenvalue weighted by Crippen LogP contribution is -2.23. The summed E-state index contributed by atoms with van der Waals surface area (Å²) >= 11 is 3.51. The molecule has 0 aromatic heterocycles. The Kier molecular flexibility index (Phi) is 7.49. The lowest BCUT2D eigenvalue weighted by Gasteiger charge is -2.16. The first-order valence-electron chi connectivity index (χ1n) is 6.30. The third-order valence-corrected chi connectivity index (χ3v) is 3.38. The van der Waals surface area contributed by atoms with Crippen LogP contribution in [-0.2, 0) is 6.42 Å². The first-order chi connectivity index (χ1) is 8.22. The fraction of sp³-hybridized carbons (Fsp3) is 0.571.